The molecule has 7 heteroatoms. The van der Waals surface area contributed by atoms with Crippen LogP contribution in [-0.2, 0) is 10.3 Å². The molecule has 3 aromatic carbocycles. The van der Waals surface area contributed by atoms with E-state index in [2.05, 4.69) is 0 Å². The number of anilines is 1. The van der Waals surface area contributed by atoms with Gasteiger partial charge in [0.15, 0.2) is 0 Å². The van der Waals surface area contributed by atoms with Crippen LogP contribution < -0.4 is 4.90 Å². The molecule has 31 heavy (non-hydrogen) atoms. The number of rotatable bonds is 5. The highest BCUT2D eigenvalue weighted by Gasteiger charge is 2.42. The van der Waals surface area contributed by atoms with Crippen LogP contribution in [0.4, 0.5) is 23.7 Å². The van der Waals surface area contributed by atoms with Gasteiger partial charge in [0.25, 0.3) is 0 Å². The molecule has 1 N–H and O–H groups in total. The summed E-state index contributed by atoms with van der Waals surface area (Å²) in [4.78, 5) is 14.3. The minimum atomic E-state index is -1.07. The first kappa shape index (κ1) is 20.9. The molecule has 0 aliphatic carbocycles. The van der Waals surface area contributed by atoms with E-state index in [1.807, 2.05) is 0 Å². The zero-order valence-electron chi connectivity index (χ0n) is 16.5. The summed E-state index contributed by atoms with van der Waals surface area (Å²) in [5.41, 5.74) is 0.670. The van der Waals surface area contributed by atoms with Crippen molar-refractivity contribution in [1.29, 1.82) is 0 Å². The number of aliphatic hydroxyl groups is 1. The first-order valence-corrected chi connectivity index (χ1v) is 9.85. The first-order chi connectivity index (χ1) is 14.9. The van der Waals surface area contributed by atoms with Crippen LogP contribution in [0.1, 0.15) is 18.4 Å². The summed E-state index contributed by atoms with van der Waals surface area (Å²) in [7, 11) is 0. The van der Waals surface area contributed by atoms with Crippen LogP contribution in [0.2, 0.25) is 0 Å². The smallest absolute Gasteiger partial charge is 0.415 e. The third kappa shape index (κ3) is 4.14. The number of benzene rings is 3. The van der Waals surface area contributed by atoms with Crippen LogP contribution in [0.15, 0.2) is 66.7 Å². The molecule has 3 aromatic rings. The summed E-state index contributed by atoms with van der Waals surface area (Å²) < 4.78 is 46.7. The molecule has 1 heterocycles. The molecule has 160 valence electrons. The lowest BCUT2D eigenvalue weighted by Crippen LogP contribution is -2.48. The van der Waals surface area contributed by atoms with E-state index in [9.17, 15) is 23.1 Å². The van der Waals surface area contributed by atoms with Crippen molar-refractivity contribution in [3.05, 3.63) is 89.7 Å². The van der Waals surface area contributed by atoms with Gasteiger partial charge in [0.2, 0.25) is 0 Å². The Kier molecular flexibility index (Phi) is 5.69. The van der Waals surface area contributed by atoms with Crippen LogP contribution >= 0.6 is 0 Å². The Morgan fingerprint density at radius 2 is 1.58 bits per heavy atom. The molecule has 0 bridgehead atoms. The predicted molar refractivity (Wildman–Crippen MR) is 110 cm³/mol. The largest absolute Gasteiger partial charge is 0.437 e. The highest BCUT2D eigenvalue weighted by Crippen LogP contribution is 2.39. The molecule has 1 fully saturated rings. The fraction of sp³-hybridized carbons (Fsp3) is 0.208. The van der Waals surface area contributed by atoms with E-state index in [0.717, 1.165) is 0 Å². The normalized spacial score (nSPS) is 18.7. The Balaban J connectivity index is 1.63. The quantitative estimate of drug-likeness (QED) is 0.594. The van der Waals surface area contributed by atoms with Crippen LogP contribution in [-0.4, -0.2) is 24.4 Å². The molecule has 0 spiro atoms. The number of amides is 1. The maximum atomic E-state index is 14.4. The highest BCUT2D eigenvalue weighted by molar-refractivity contribution is 5.90. The standard InChI is InChI=1S/C24H20F3NO3/c25-18-5-1-16(2-6-18)21-15-20(9-10-22(21)27)28-13-11-24(12-14-29,31-23(28)30)17-3-7-19(26)8-4-17/h1-10,15,29H,11-14H2. The number of hydrogen-bond donors (Lipinski definition) is 1. The maximum absolute atomic E-state index is 14.4. The van der Waals surface area contributed by atoms with Gasteiger partial charge in [-0.05, 0) is 53.6 Å². The number of halogens is 3. The van der Waals surface area contributed by atoms with Crippen molar-refractivity contribution in [3.63, 3.8) is 0 Å². The summed E-state index contributed by atoms with van der Waals surface area (Å²) in [5.74, 6) is -1.34. The van der Waals surface area contributed by atoms with Gasteiger partial charge >= 0.3 is 6.09 Å². The summed E-state index contributed by atoms with van der Waals surface area (Å²) in [6.07, 6.45) is -0.128. The Morgan fingerprint density at radius 3 is 2.19 bits per heavy atom. The number of carbonyl (C=O) groups excluding carboxylic acids is 1. The maximum Gasteiger partial charge on any atom is 0.415 e. The average molecular weight is 427 g/mol. The molecule has 1 aliphatic heterocycles. The fourth-order valence-electron chi connectivity index (χ4n) is 3.88. The van der Waals surface area contributed by atoms with Crippen molar-refractivity contribution in [2.45, 2.75) is 18.4 Å². The second-order valence-corrected chi connectivity index (χ2v) is 7.42. The van der Waals surface area contributed by atoms with Crippen LogP contribution in [0, 0.1) is 17.5 Å². The summed E-state index contributed by atoms with van der Waals surface area (Å²) in [5, 5.41) is 9.53. The second-order valence-electron chi connectivity index (χ2n) is 7.42. The minimum Gasteiger partial charge on any atom is -0.437 e. The molecule has 0 radical (unpaired) electrons. The molecule has 4 nitrogen and oxygen atoms in total. The van der Waals surface area contributed by atoms with Crippen molar-refractivity contribution in [3.8, 4) is 11.1 Å². The van der Waals surface area contributed by atoms with Crippen LogP contribution in [0.5, 0.6) is 0 Å². The van der Waals surface area contributed by atoms with Crippen molar-refractivity contribution >= 4 is 11.8 Å². The number of ether oxygens (including phenoxy) is 1. The molecule has 1 atom stereocenters. The zero-order valence-corrected chi connectivity index (χ0v) is 16.5. The van der Waals surface area contributed by atoms with Gasteiger partial charge in [0.1, 0.15) is 23.1 Å². The Morgan fingerprint density at radius 1 is 0.935 bits per heavy atom. The lowest BCUT2D eigenvalue weighted by atomic mass is 9.86. The molecule has 1 saturated heterocycles. The van der Waals surface area contributed by atoms with Crippen LogP contribution in [0.3, 0.4) is 0 Å². The number of cyclic esters (lactones) is 1. The van der Waals surface area contributed by atoms with Crippen molar-refractivity contribution in [1.82, 2.24) is 0 Å². The Hall–Kier alpha value is -3.32. The number of hydrogen-bond acceptors (Lipinski definition) is 3. The molecule has 0 aromatic heterocycles. The number of aliphatic hydroxyl groups excluding tert-OH is 1. The van der Waals surface area contributed by atoms with E-state index in [-0.39, 0.29) is 25.1 Å². The summed E-state index contributed by atoms with van der Waals surface area (Å²) >= 11 is 0. The lowest BCUT2D eigenvalue weighted by molar-refractivity contribution is -0.0258. The number of nitrogens with zero attached hydrogens (tertiary/aromatic N) is 1. The SMILES string of the molecule is O=C1OC(CCO)(c2ccc(F)cc2)CCN1c1ccc(F)c(-c2ccc(F)cc2)c1. The number of carbonyl (C=O) groups is 1. The predicted octanol–water partition coefficient (Wildman–Crippen LogP) is 5.40. The average Bonchev–Trinajstić information content (AvgIpc) is 2.76. The molecule has 1 unspecified atom stereocenters. The molecule has 0 saturated carbocycles. The van der Waals surface area contributed by atoms with E-state index < -0.39 is 29.1 Å². The molecular formula is C24H20F3NO3. The zero-order chi connectivity index (χ0) is 22.0. The molecule has 1 aliphatic rings. The minimum absolute atomic E-state index is 0.169. The summed E-state index contributed by atoms with van der Waals surface area (Å²) in [6.45, 7) is 0.0423. The molecule has 1 amide bonds. The third-order valence-corrected chi connectivity index (χ3v) is 5.55. The van der Waals surface area contributed by atoms with E-state index >= 15 is 0 Å². The van der Waals surface area contributed by atoms with E-state index in [1.54, 1.807) is 12.1 Å². The van der Waals surface area contributed by atoms with E-state index in [1.165, 1.54) is 59.5 Å². The van der Waals surface area contributed by atoms with Gasteiger partial charge in [-0.25, -0.2) is 18.0 Å². The Labute approximate surface area is 177 Å². The first-order valence-electron chi connectivity index (χ1n) is 9.85. The third-order valence-electron chi connectivity index (χ3n) is 5.55. The topological polar surface area (TPSA) is 49.8 Å². The van der Waals surface area contributed by atoms with Gasteiger partial charge in [-0.2, -0.15) is 0 Å². The van der Waals surface area contributed by atoms with Gasteiger partial charge in [0.05, 0.1) is 0 Å². The molecular weight excluding hydrogens is 407 g/mol. The van der Waals surface area contributed by atoms with Crippen molar-refractivity contribution < 1.29 is 27.8 Å². The van der Waals surface area contributed by atoms with Crippen LogP contribution in [0.25, 0.3) is 11.1 Å². The van der Waals surface area contributed by atoms with Gasteiger partial charge in [-0.15, -0.1) is 0 Å². The van der Waals surface area contributed by atoms with Crippen molar-refractivity contribution in [2.75, 3.05) is 18.1 Å². The lowest BCUT2D eigenvalue weighted by Gasteiger charge is -2.41. The van der Waals surface area contributed by atoms with E-state index in [0.29, 0.717) is 23.2 Å². The van der Waals surface area contributed by atoms with Gasteiger partial charge in [-0.3, -0.25) is 4.90 Å². The second kappa shape index (κ2) is 8.43. The van der Waals surface area contributed by atoms with E-state index in [4.69, 9.17) is 4.74 Å². The highest BCUT2D eigenvalue weighted by atomic mass is 19.1. The van der Waals surface area contributed by atoms with Crippen molar-refractivity contribution in [2.24, 2.45) is 0 Å². The van der Waals surface area contributed by atoms with Gasteiger partial charge in [-0.1, -0.05) is 24.3 Å². The van der Waals surface area contributed by atoms with Gasteiger partial charge in [0, 0.05) is 37.2 Å². The Bertz CT molecular complexity index is 1090. The monoisotopic (exact) mass is 427 g/mol. The molecule has 4 rings (SSSR count). The fourth-order valence-corrected chi connectivity index (χ4v) is 3.88. The van der Waals surface area contributed by atoms with Gasteiger partial charge < -0.3 is 9.84 Å². The summed E-state index contributed by atoms with van der Waals surface area (Å²) in [6, 6.07) is 15.3.